The smallest absolute Gasteiger partial charge is 0.347 e. The van der Waals surface area contributed by atoms with Crippen LogP contribution in [0.2, 0.25) is 5.02 Å². The van der Waals surface area contributed by atoms with Crippen molar-refractivity contribution in [2.24, 2.45) is 0 Å². The van der Waals surface area contributed by atoms with Crippen LogP contribution in [0, 0.1) is 0 Å². The van der Waals surface area contributed by atoms with Gasteiger partial charge in [0.05, 0.1) is 12.7 Å². The van der Waals surface area contributed by atoms with Gasteiger partial charge in [-0.2, -0.15) is 0 Å². The fourth-order valence-corrected chi connectivity index (χ4v) is 2.51. The van der Waals surface area contributed by atoms with Crippen molar-refractivity contribution in [1.29, 1.82) is 0 Å². The molecule has 2 N–H and O–H groups in total. The Balaban J connectivity index is 1.91. The monoisotopic (exact) mass is 391 g/mol. The molecular formula is C20H22ClNO5. The normalized spacial score (nSPS) is 11.0. The summed E-state index contributed by atoms with van der Waals surface area (Å²) in [5.41, 5.74) is 0.0596. The van der Waals surface area contributed by atoms with Gasteiger partial charge < -0.3 is 19.9 Å². The van der Waals surface area contributed by atoms with E-state index >= 15 is 0 Å². The number of aliphatic carboxylic acids is 1. The molecule has 2 aromatic rings. The molecular weight excluding hydrogens is 370 g/mol. The average Bonchev–Trinajstić information content (AvgIpc) is 2.62. The van der Waals surface area contributed by atoms with Crippen molar-refractivity contribution < 1.29 is 24.2 Å². The molecule has 27 heavy (non-hydrogen) atoms. The Morgan fingerprint density at radius 1 is 1.15 bits per heavy atom. The maximum Gasteiger partial charge on any atom is 0.347 e. The Morgan fingerprint density at radius 2 is 1.81 bits per heavy atom. The van der Waals surface area contributed by atoms with Gasteiger partial charge in [0.2, 0.25) is 0 Å². The summed E-state index contributed by atoms with van der Waals surface area (Å²) in [4.78, 5) is 23.4. The molecule has 7 heteroatoms. The van der Waals surface area contributed by atoms with Crippen molar-refractivity contribution in [1.82, 2.24) is 5.32 Å². The molecule has 0 saturated carbocycles. The lowest BCUT2D eigenvalue weighted by molar-refractivity contribution is -0.152. The maximum absolute atomic E-state index is 12.3. The highest BCUT2D eigenvalue weighted by atomic mass is 35.5. The summed E-state index contributed by atoms with van der Waals surface area (Å²) in [6.45, 7) is 3.40. The standard InChI is InChI=1S/C20H22ClNO5/c1-20(2,19(24)25)27-15-7-4-13(5-8-15)10-11-22-18(23)16-12-14(21)6-9-17(16)26-3/h4-9,12H,10-11H2,1-3H3,(H,22,23)(H,24,25). The van der Waals surface area contributed by atoms with Gasteiger partial charge in [0.25, 0.3) is 5.91 Å². The zero-order valence-corrected chi connectivity index (χ0v) is 16.2. The maximum atomic E-state index is 12.3. The van der Waals surface area contributed by atoms with Gasteiger partial charge in [0.1, 0.15) is 11.5 Å². The molecule has 6 nitrogen and oxygen atoms in total. The second kappa shape index (κ2) is 8.77. The average molecular weight is 392 g/mol. The van der Waals surface area contributed by atoms with E-state index in [1.165, 1.54) is 21.0 Å². The summed E-state index contributed by atoms with van der Waals surface area (Å²) < 4.78 is 10.6. The van der Waals surface area contributed by atoms with Crippen LogP contribution >= 0.6 is 11.6 Å². The van der Waals surface area contributed by atoms with Crippen molar-refractivity contribution in [3.63, 3.8) is 0 Å². The van der Waals surface area contributed by atoms with Crippen LogP contribution in [0.15, 0.2) is 42.5 Å². The van der Waals surface area contributed by atoms with Crippen LogP contribution in [-0.2, 0) is 11.2 Å². The fourth-order valence-electron chi connectivity index (χ4n) is 2.34. The number of amides is 1. The van der Waals surface area contributed by atoms with Gasteiger partial charge in [-0.25, -0.2) is 4.79 Å². The summed E-state index contributed by atoms with van der Waals surface area (Å²) in [5, 5.41) is 12.4. The molecule has 0 saturated heterocycles. The largest absolute Gasteiger partial charge is 0.496 e. The summed E-state index contributed by atoms with van der Waals surface area (Å²) in [6, 6.07) is 12.0. The number of hydrogen-bond donors (Lipinski definition) is 2. The Kier molecular flexibility index (Phi) is 6.69. The molecule has 144 valence electrons. The van der Waals surface area contributed by atoms with Crippen LogP contribution in [0.4, 0.5) is 0 Å². The number of benzene rings is 2. The van der Waals surface area contributed by atoms with E-state index in [0.717, 1.165) is 5.56 Å². The molecule has 0 aromatic heterocycles. The molecule has 0 spiro atoms. The molecule has 2 rings (SSSR count). The lowest BCUT2D eigenvalue weighted by atomic mass is 10.1. The number of nitrogens with one attached hydrogen (secondary N) is 1. The zero-order valence-electron chi connectivity index (χ0n) is 15.4. The van der Waals surface area contributed by atoms with E-state index in [9.17, 15) is 9.59 Å². The summed E-state index contributed by atoms with van der Waals surface area (Å²) in [5.74, 6) is -0.374. The van der Waals surface area contributed by atoms with Crippen molar-refractivity contribution >= 4 is 23.5 Å². The SMILES string of the molecule is COc1ccc(Cl)cc1C(=O)NCCc1ccc(OC(C)(C)C(=O)O)cc1. The third kappa shape index (κ3) is 5.62. The number of hydrogen-bond acceptors (Lipinski definition) is 4. The van der Waals surface area contributed by atoms with Crippen LogP contribution in [0.5, 0.6) is 11.5 Å². The van der Waals surface area contributed by atoms with Crippen LogP contribution < -0.4 is 14.8 Å². The zero-order chi connectivity index (χ0) is 20.0. The van der Waals surface area contributed by atoms with Crippen LogP contribution in [-0.4, -0.2) is 36.2 Å². The molecule has 0 bridgehead atoms. The number of ether oxygens (including phenoxy) is 2. The Morgan fingerprint density at radius 3 is 2.41 bits per heavy atom. The Bertz CT molecular complexity index is 818. The van der Waals surface area contributed by atoms with E-state index in [4.69, 9.17) is 26.2 Å². The molecule has 0 radical (unpaired) electrons. The van der Waals surface area contributed by atoms with Gasteiger partial charge in [-0.15, -0.1) is 0 Å². The number of methoxy groups -OCH3 is 1. The summed E-state index contributed by atoms with van der Waals surface area (Å²) in [6.07, 6.45) is 0.608. The molecule has 0 aliphatic heterocycles. The fraction of sp³-hybridized carbons (Fsp3) is 0.300. The Labute approximate surface area is 163 Å². The number of carbonyl (C=O) groups excluding carboxylic acids is 1. The van der Waals surface area contributed by atoms with E-state index < -0.39 is 11.6 Å². The molecule has 0 aliphatic rings. The minimum Gasteiger partial charge on any atom is -0.496 e. The molecule has 2 aromatic carbocycles. The first-order valence-corrected chi connectivity index (χ1v) is 8.74. The number of carboxylic acid groups (broad SMARTS) is 1. The highest BCUT2D eigenvalue weighted by Crippen LogP contribution is 2.22. The van der Waals surface area contributed by atoms with Crippen molar-refractivity contribution in [2.75, 3.05) is 13.7 Å². The van der Waals surface area contributed by atoms with Crippen LogP contribution in [0.25, 0.3) is 0 Å². The summed E-state index contributed by atoms with van der Waals surface area (Å²) in [7, 11) is 1.50. The van der Waals surface area contributed by atoms with Crippen molar-refractivity contribution in [2.45, 2.75) is 25.9 Å². The van der Waals surface area contributed by atoms with Gasteiger partial charge in [0, 0.05) is 11.6 Å². The van der Waals surface area contributed by atoms with Gasteiger partial charge in [-0.3, -0.25) is 4.79 Å². The van der Waals surface area contributed by atoms with E-state index in [1.807, 2.05) is 12.1 Å². The van der Waals surface area contributed by atoms with Gasteiger partial charge in [-0.1, -0.05) is 23.7 Å². The molecule has 0 heterocycles. The minimum absolute atomic E-state index is 0.266. The third-order valence-corrected chi connectivity index (χ3v) is 4.15. The van der Waals surface area contributed by atoms with E-state index in [2.05, 4.69) is 5.32 Å². The van der Waals surface area contributed by atoms with E-state index in [-0.39, 0.29) is 5.91 Å². The van der Waals surface area contributed by atoms with E-state index in [0.29, 0.717) is 35.1 Å². The van der Waals surface area contributed by atoms with Crippen molar-refractivity contribution in [3.05, 3.63) is 58.6 Å². The van der Waals surface area contributed by atoms with Gasteiger partial charge in [-0.05, 0) is 56.2 Å². The highest BCUT2D eigenvalue weighted by Gasteiger charge is 2.29. The number of carboxylic acids is 1. The quantitative estimate of drug-likeness (QED) is 0.718. The Hall–Kier alpha value is -2.73. The van der Waals surface area contributed by atoms with E-state index in [1.54, 1.807) is 30.3 Å². The molecule has 0 fully saturated rings. The second-order valence-electron chi connectivity index (χ2n) is 6.41. The van der Waals surface area contributed by atoms with Crippen molar-refractivity contribution in [3.8, 4) is 11.5 Å². The van der Waals surface area contributed by atoms with Crippen LogP contribution in [0.3, 0.4) is 0 Å². The van der Waals surface area contributed by atoms with Crippen LogP contribution in [0.1, 0.15) is 29.8 Å². The second-order valence-corrected chi connectivity index (χ2v) is 6.85. The minimum atomic E-state index is -1.30. The lowest BCUT2D eigenvalue weighted by Gasteiger charge is -2.21. The first-order valence-electron chi connectivity index (χ1n) is 8.36. The highest BCUT2D eigenvalue weighted by molar-refractivity contribution is 6.31. The van der Waals surface area contributed by atoms with Gasteiger partial charge >= 0.3 is 5.97 Å². The third-order valence-electron chi connectivity index (χ3n) is 3.92. The predicted octanol–water partition coefficient (Wildman–Crippen LogP) is 3.56. The number of halogens is 1. The summed E-state index contributed by atoms with van der Waals surface area (Å²) >= 11 is 5.94. The number of carbonyl (C=O) groups is 2. The first-order chi connectivity index (χ1) is 12.7. The molecule has 0 atom stereocenters. The lowest BCUT2D eigenvalue weighted by Crippen LogP contribution is -2.37. The topological polar surface area (TPSA) is 84.9 Å². The number of rotatable bonds is 8. The van der Waals surface area contributed by atoms with Gasteiger partial charge in [0.15, 0.2) is 5.60 Å². The predicted molar refractivity (Wildman–Crippen MR) is 103 cm³/mol. The molecule has 1 amide bonds. The first kappa shape index (κ1) is 20.6. The molecule has 0 aliphatic carbocycles. The molecule has 0 unspecified atom stereocenters.